The van der Waals surface area contributed by atoms with Crippen LogP contribution in [0.1, 0.15) is 17.0 Å². The molecule has 0 amide bonds. The Morgan fingerprint density at radius 2 is 1.24 bits per heavy atom. The van der Waals surface area contributed by atoms with Gasteiger partial charge < -0.3 is 18.9 Å². The van der Waals surface area contributed by atoms with Gasteiger partial charge in [0.15, 0.2) is 11.0 Å². The fraction of sp³-hybridized carbons (Fsp3) is 0.121. The number of hydrogen-bond acceptors (Lipinski definition) is 8. The molecule has 0 atom stereocenters. The summed E-state index contributed by atoms with van der Waals surface area (Å²) in [5.41, 5.74) is 3.22. The van der Waals surface area contributed by atoms with Crippen LogP contribution in [0.4, 0.5) is 11.4 Å². The zero-order valence-corrected chi connectivity index (χ0v) is 33.3. The van der Waals surface area contributed by atoms with Crippen LogP contribution in [0.3, 0.4) is 0 Å². The first kappa shape index (κ1) is 38.6. The molecule has 0 fully saturated rings. The van der Waals surface area contributed by atoms with Crippen LogP contribution in [-0.2, 0) is 40.4 Å². The molecule has 0 saturated carbocycles. The molecule has 0 radical (unpaired) electrons. The van der Waals surface area contributed by atoms with E-state index in [9.17, 15) is 25.9 Å². The van der Waals surface area contributed by atoms with Crippen LogP contribution in [-0.4, -0.2) is 37.6 Å². The molecule has 17 heteroatoms. The molecule has 1 aliphatic rings. The van der Waals surface area contributed by atoms with Crippen molar-refractivity contribution in [1.29, 1.82) is 0 Å². The van der Waals surface area contributed by atoms with E-state index in [1.807, 2.05) is 18.9 Å². The summed E-state index contributed by atoms with van der Waals surface area (Å²) in [7, 11) is -5.93. The molecule has 0 saturated heterocycles. The summed E-state index contributed by atoms with van der Waals surface area (Å²) in [6.45, 7) is 0.0240. The molecule has 0 bridgehead atoms. The van der Waals surface area contributed by atoms with E-state index in [2.05, 4.69) is 0 Å². The van der Waals surface area contributed by atoms with E-state index in [0.29, 0.717) is 44.1 Å². The number of hydrogen-bond donors (Lipinski definition) is 0. The molecular formula is C33H25Cl4N4NaO6S2. The van der Waals surface area contributed by atoms with Gasteiger partial charge in [-0.15, -0.1) is 0 Å². The van der Waals surface area contributed by atoms with Crippen molar-refractivity contribution in [2.75, 3.05) is 16.8 Å². The third-order valence-electron chi connectivity index (χ3n) is 8.21. The molecule has 6 rings (SSSR count). The SMILES string of the molecule is CN1C(=CC=Cc2n(Cc3ccccc3S(=O)(=O)[O-])c3cc(Cl)c(Cl)cc3[n+]2C)N(Cc2ccccc2S(=O)(=O)[O-])c2cc(Cl)c(Cl)cc21.[Na+]. The zero-order chi connectivity index (χ0) is 35.4. The van der Waals surface area contributed by atoms with Gasteiger partial charge in [0, 0.05) is 30.8 Å². The zero-order valence-electron chi connectivity index (χ0n) is 26.6. The maximum atomic E-state index is 12.1. The van der Waals surface area contributed by atoms with Crippen LogP contribution in [0, 0.1) is 0 Å². The minimum Gasteiger partial charge on any atom is -0.744 e. The molecule has 0 unspecified atom stereocenters. The van der Waals surface area contributed by atoms with E-state index in [0.717, 1.165) is 0 Å². The van der Waals surface area contributed by atoms with Gasteiger partial charge in [-0.25, -0.2) is 26.0 Å². The number of imidazole rings is 1. The van der Waals surface area contributed by atoms with Crippen LogP contribution >= 0.6 is 46.4 Å². The van der Waals surface area contributed by atoms with E-state index >= 15 is 0 Å². The molecule has 5 aromatic rings. The van der Waals surface area contributed by atoms with Crippen molar-refractivity contribution in [3.8, 4) is 0 Å². The number of aromatic nitrogens is 2. The molecule has 254 valence electrons. The summed E-state index contributed by atoms with van der Waals surface area (Å²) in [5.74, 6) is 1.20. The smallest absolute Gasteiger partial charge is 0.744 e. The Labute approximate surface area is 331 Å². The molecule has 0 N–H and O–H groups in total. The summed E-state index contributed by atoms with van der Waals surface area (Å²) >= 11 is 25.6. The molecule has 4 aromatic carbocycles. The van der Waals surface area contributed by atoms with E-state index in [1.54, 1.807) is 80.9 Å². The van der Waals surface area contributed by atoms with E-state index < -0.39 is 20.2 Å². The van der Waals surface area contributed by atoms with E-state index in [-0.39, 0.29) is 73.6 Å². The molecule has 0 aliphatic carbocycles. The molecule has 1 aliphatic heterocycles. The number of allylic oxidation sites excluding steroid dienone is 2. The van der Waals surface area contributed by atoms with E-state index in [4.69, 9.17) is 46.4 Å². The summed E-state index contributed by atoms with van der Waals surface area (Å²) in [5, 5.41) is 1.21. The third-order valence-corrected chi connectivity index (χ3v) is 11.5. The standard InChI is InChI=1S/C33H26Cl4N4O6S2.Na/c1-38-26-14-22(34)24(36)16-28(26)40(18-20-8-3-5-10-30(20)48(42,43)44)32(38)12-7-13-33-39(2)27-15-23(35)25(37)17-29(27)41(33)19-21-9-4-6-11-31(21)49(45,46)47;/h3-17H,18-19H2,1-2H3,(H-,42,43,44,45,46,47);/q;+1/p-1. The Bertz CT molecular complexity index is 2450. The van der Waals surface area contributed by atoms with Crippen molar-refractivity contribution in [2.45, 2.75) is 22.9 Å². The number of anilines is 2. The first-order valence-corrected chi connectivity index (χ1v) is 18.7. The second-order valence-electron chi connectivity index (χ2n) is 11.2. The number of halogens is 4. The van der Waals surface area contributed by atoms with Crippen molar-refractivity contribution in [1.82, 2.24) is 4.57 Å². The molecule has 1 aromatic heterocycles. The number of aryl methyl sites for hydroxylation is 1. The number of benzene rings is 4. The fourth-order valence-electron chi connectivity index (χ4n) is 5.93. The molecule has 10 nitrogen and oxygen atoms in total. The van der Waals surface area contributed by atoms with Crippen LogP contribution in [0.5, 0.6) is 0 Å². The van der Waals surface area contributed by atoms with E-state index in [1.165, 1.54) is 24.3 Å². The average Bonchev–Trinajstić information content (AvgIpc) is 3.41. The fourth-order valence-corrected chi connectivity index (χ4v) is 7.96. The summed E-state index contributed by atoms with van der Waals surface area (Å²) in [6, 6.07) is 18.7. The van der Waals surface area contributed by atoms with Crippen molar-refractivity contribution in [3.05, 3.63) is 128 Å². The maximum Gasteiger partial charge on any atom is 1.00 e. The van der Waals surface area contributed by atoms with Gasteiger partial charge in [-0.1, -0.05) is 88.9 Å². The van der Waals surface area contributed by atoms with Gasteiger partial charge in [-0.2, -0.15) is 0 Å². The second kappa shape index (κ2) is 14.8. The summed E-state index contributed by atoms with van der Waals surface area (Å²) in [6.07, 6.45) is 5.33. The van der Waals surface area contributed by atoms with Crippen LogP contribution in [0.2, 0.25) is 20.1 Å². The Balaban J connectivity index is 0.00000486. The number of rotatable bonds is 8. The van der Waals surface area contributed by atoms with Gasteiger partial charge in [0.1, 0.15) is 32.6 Å². The molecule has 50 heavy (non-hydrogen) atoms. The van der Waals surface area contributed by atoms with Crippen molar-refractivity contribution < 1.29 is 60.1 Å². The Hall–Kier alpha value is -2.59. The van der Waals surface area contributed by atoms with Crippen LogP contribution in [0.15, 0.2) is 101 Å². The van der Waals surface area contributed by atoms with Crippen molar-refractivity contribution in [3.63, 3.8) is 0 Å². The van der Waals surface area contributed by atoms with Gasteiger partial charge in [0.05, 0.1) is 54.8 Å². The molecule has 2 heterocycles. The second-order valence-corrected chi connectivity index (χ2v) is 15.5. The first-order valence-electron chi connectivity index (χ1n) is 14.4. The largest absolute Gasteiger partial charge is 1.00 e. The third kappa shape index (κ3) is 7.48. The van der Waals surface area contributed by atoms with Gasteiger partial charge in [0.25, 0.3) is 5.82 Å². The van der Waals surface area contributed by atoms with Crippen molar-refractivity contribution in [2.24, 2.45) is 7.05 Å². The monoisotopic (exact) mass is 800 g/mol. The Morgan fingerprint density at radius 3 is 1.82 bits per heavy atom. The normalized spacial score (nSPS) is 14.2. The predicted octanol–water partition coefficient (Wildman–Crippen LogP) is 3.95. The van der Waals surface area contributed by atoms with Gasteiger partial charge in [-0.05, 0) is 35.9 Å². The minimum absolute atomic E-state index is 0. The van der Waals surface area contributed by atoms with Crippen LogP contribution < -0.4 is 43.9 Å². The van der Waals surface area contributed by atoms with Gasteiger partial charge in [-0.3, -0.25) is 0 Å². The molecular weight excluding hydrogens is 777 g/mol. The summed E-state index contributed by atoms with van der Waals surface area (Å²) in [4.78, 5) is 2.99. The topological polar surface area (TPSA) is 130 Å². The predicted molar refractivity (Wildman–Crippen MR) is 189 cm³/mol. The maximum absolute atomic E-state index is 12.1. The average molecular weight is 803 g/mol. The van der Waals surface area contributed by atoms with Crippen molar-refractivity contribution >= 4 is 95.1 Å². The first-order chi connectivity index (χ1) is 23.1. The number of nitrogens with zero attached hydrogens (tertiary/aromatic N) is 4. The Morgan fingerprint density at radius 1 is 0.740 bits per heavy atom. The van der Waals surface area contributed by atoms with Gasteiger partial charge in [0.2, 0.25) is 0 Å². The Kier molecular flexibility index (Phi) is 11.4. The minimum atomic E-state index is -4.77. The molecule has 0 spiro atoms. The van der Waals surface area contributed by atoms with Gasteiger partial charge >= 0.3 is 29.6 Å². The summed E-state index contributed by atoms with van der Waals surface area (Å²) < 4.78 is 76.3. The van der Waals surface area contributed by atoms with Crippen LogP contribution in [0.25, 0.3) is 17.1 Å². The number of fused-ring (bicyclic) bond motifs is 2. The quantitative estimate of drug-likeness (QED) is 0.131.